The molecule has 0 aliphatic carbocycles. The summed E-state index contributed by atoms with van der Waals surface area (Å²) in [6.07, 6.45) is -0.917. The maximum Gasteiger partial charge on any atom is 0.311 e. The molecule has 1 N–H and O–H groups in total. The summed E-state index contributed by atoms with van der Waals surface area (Å²) >= 11 is 12.0. The number of esters is 1. The number of nitrogens with zero attached hydrogens (tertiary/aromatic N) is 2. The van der Waals surface area contributed by atoms with Crippen molar-refractivity contribution in [3.63, 3.8) is 0 Å². The Bertz CT molecular complexity index is 878. The summed E-state index contributed by atoms with van der Waals surface area (Å²) in [5, 5.41) is 7.68. The summed E-state index contributed by atoms with van der Waals surface area (Å²) in [5.41, 5.74) is 2.92. The third kappa shape index (κ3) is 5.49. The van der Waals surface area contributed by atoms with Crippen LogP contribution >= 0.6 is 23.2 Å². The van der Waals surface area contributed by atoms with E-state index in [1.807, 2.05) is 18.5 Å². The topological polar surface area (TPSA) is 73.2 Å². The van der Waals surface area contributed by atoms with Gasteiger partial charge in [-0.05, 0) is 38.8 Å². The highest BCUT2D eigenvalue weighted by atomic mass is 35.5. The van der Waals surface area contributed by atoms with Gasteiger partial charge in [0.05, 0.1) is 27.8 Å². The van der Waals surface area contributed by atoms with Gasteiger partial charge in [-0.2, -0.15) is 5.10 Å². The van der Waals surface area contributed by atoms with Crippen LogP contribution in [0, 0.1) is 19.8 Å². The number of amides is 1. The predicted molar refractivity (Wildman–Crippen MR) is 111 cm³/mol. The van der Waals surface area contributed by atoms with Gasteiger partial charge in [0.15, 0.2) is 6.10 Å². The number of aryl methyl sites for hydroxylation is 1. The molecular formula is C20H25Cl2N3O3. The number of carbonyl (C=O) groups excluding carboxylic acids is 2. The molecule has 0 aliphatic rings. The van der Waals surface area contributed by atoms with E-state index in [1.54, 1.807) is 18.2 Å². The largest absolute Gasteiger partial charge is 0.452 e. The Morgan fingerprint density at radius 2 is 1.89 bits per heavy atom. The molecule has 6 nitrogen and oxygen atoms in total. The molecule has 1 heterocycles. The van der Waals surface area contributed by atoms with E-state index in [4.69, 9.17) is 27.9 Å². The van der Waals surface area contributed by atoms with Crippen LogP contribution in [0.4, 0.5) is 5.69 Å². The first-order valence-corrected chi connectivity index (χ1v) is 9.83. The maximum atomic E-state index is 12.4. The van der Waals surface area contributed by atoms with Gasteiger partial charge in [0.25, 0.3) is 5.91 Å². The van der Waals surface area contributed by atoms with Crippen molar-refractivity contribution in [3.8, 4) is 0 Å². The summed E-state index contributed by atoms with van der Waals surface area (Å²) in [6.45, 7) is 10.3. The van der Waals surface area contributed by atoms with Gasteiger partial charge in [-0.25, -0.2) is 0 Å². The highest BCUT2D eigenvalue weighted by Gasteiger charge is 2.22. The fraction of sp³-hybridized carbons (Fsp3) is 0.450. The van der Waals surface area contributed by atoms with Crippen molar-refractivity contribution in [1.29, 1.82) is 0 Å². The van der Waals surface area contributed by atoms with E-state index in [1.165, 1.54) is 6.92 Å². The number of ether oxygens (including phenoxy) is 1. The second-order valence-corrected chi connectivity index (χ2v) is 7.91. The zero-order valence-electron chi connectivity index (χ0n) is 16.7. The van der Waals surface area contributed by atoms with Crippen LogP contribution in [-0.2, 0) is 27.3 Å². The third-order valence-electron chi connectivity index (χ3n) is 4.28. The fourth-order valence-electron chi connectivity index (χ4n) is 2.78. The molecule has 1 unspecified atom stereocenters. The zero-order chi connectivity index (χ0) is 21.0. The van der Waals surface area contributed by atoms with E-state index in [-0.39, 0.29) is 11.4 Å². The van der Waals surface area contributed by atoms with Crippen LogP contribution in [0.1, 0.15) is 37.7 Å². The Kier molecular flexibility index (Phi) is 7.49. The van der Waals surface area contributed by atoms with Crippen molar-refractivity contribution < 1.29 is 14.3 Å². The quantitative estimate of drug-likeness (QED) is 0.658. The lowest BCUT2D eigenvalue weighted by molar-refractivity contribution is -0.152. The minimum Gasteiger partial charge on any atom is -0.452 e. The van der Waals surface area contributed by atoms with Gasteiger partial charge in [-0.3, -0.25) is 14.3 Å². The monoisotopic (exact) mass is 425 g/mol. The molecule has 0 saturated carbocycles. The second-order valence-electron chi connectivity index (χ2n) is 7.12. The Balaban J connectivity index is 2.00. The van der Waals surface area contributed by atoms with Gasteiger partial charge in [0.2, 0.25) is 0 Å². The van der Waals surface area contributed by atoms with E-state index in [9.17, 15) is 9.59 Å². The van der Waals surface area contributed by atoms with Crippen LogP contribution in [0.5, 0.6) is 0 Å². The molecule has 0 saturated heterocycles. The number of benzene rings is 1. The van der Waals surface area contributed by atoms with Gasteiger partial charge < -0.3 is 10.1 Å². The van der Waals surface area contributed by atoms with E-state index < -0.39 is 18.0 Å². The van der Waals surface area contributed by atoms with Gasteiger partial charge in [-0.15, -0.1) is 0 Å². The van der Waals surface area contributed by atoms with E-state index in [2.05, 4.69) is 24.3 Å². The number of aromatic nitrogens is 2. The van der Waals surface area contributed by atoms with E-state index >= 15 is 0 Å². The third-order valence-corrected chi connectivity index (χ3v) is 5.10. The fourth-order valence-corrected chi connectivity index (χ4v) is 3.13. The van der Waals surface area contributed by atoms with Crippen molar-refractivity contribution in [2.24, 2.45) is 5.92 Å². The maximum absolute atomic E-state index is 12.4. The Morgan fingerprint density at radius 1 is 1.21 bits per heavy atom. The molecule has 1 aromatic carbocycles. The van der Waals surface area contributed by atoms with Crippen LogP contribution in [-0.4, -0.2) is 27.8 Å². The molecule has 28 heavy (non-hydrogen) atoms. The van der Waals surface area contributed by atoms with Crippen molar-refractivity contribution in [3.05, 3.63) is 45.2 Å². The van der Waals surface area contributed by atoms with Crippen LogP contribution in [0.25, 0.3) is 0 Å². The smallest absolute Gasteiger partial charge is 0.311 e. The number of anilines is 1. The highest BCUT2D eigenvalue weighted by molar-refractivity contribution is 6.44. The first kappa shape index (κ1) is 22.2. The van der Waals surface area contributed by atoms with Crippen LogP contribution in [0.15, 0.2) is 18.2 Å². The Labute approximate surface area is 175 Å². The number of hydrogen-bond donors (Lipinski definition) is 1. The standard InChI is InChI=1S/C20H25Cl2N3O3/c1-11(2)10-25-13(4)15(12(3)24-25)9-18(26)28-14(5)20(27)23-17-8-6-7-16(21)19(17)22/h6-8,11,14H,9-10H2,1-5H3,(H,23,27). The average molecular weight is 426 g/mol. The minimum atomic E-state index is -0.978. The molecule has 1 atom stereocenters. The lowest BCUT2D eigenvalue weighted by Gasteiger charge is -2.15. The van der Waals surface area contributed by atoms with Crippen molar-refractivity contribution in [2.75, 3.05) is 5.32 Å². The van der Waals surface area contributed by atoms with Gasteiger partial charge in [0.1, 0.15) is 0 Å². The molecule has 152 valence electrons. The van der Waals surface area contributed by atoms with Crippen LogP contribution in [0.2, 0.25) is 10.0 Å². The van der Waals surface area contributed by atoms with E-state index in [0.29, 0.717) is 16.6 Å². The second kappa shape index (κ2) is 9.43. The molecule has 0 spiro atoms. The first-order chi connectivity index (χ1) is 13.1. The van der Waals surface area contributed by atoms with Gasteiger partial charge in [0, 0.05) is 17.8 Å². The van der Waals surface area contributed by atoms with Gasteiger partial charge >= 0.3 is 5.97 Å². The molecule has 0 radical (unpaired) electrons. The van der Waals surface area contributed by atoms with Crippen LogP contribution in [0.3, 0.4) is 0 Å². The summed E-state index contributed by atoms with van der Waals surface area (Å²) < 4.78 is 7.20. The first-order valence-electron chi connectivity index (χ1n) is 9.07. The zero-order valence-corrected chi connectivity index (χ0v) is 18.2. The highest BCUT2D eigenvalue weighted by Crippen LogP contribution is 2.29. The van der Waals surface area contributed by atoms with Crippen molar-refractivity contribution in [1.82, 2.24) is 9.78 Å². The molecule has 2 rings (SSSR count). The molecule has 8 heteroatoms. The molecule has 1 aromatic heterocycles. The SMILES string of the molecule is Cc1nn(CC(C)C)c(C)c1CC(=O)OC(C)C(=O)Nc1cccc(Cl)c1Cl. The summed E-state index contributed by atoms with van der Waals surface area (Å²) in [4.78, 5) is 24.7. The number of carbonyl (C=O) groups is 2. The predicted octanol–water partition coefficient (Wildman–Crippen LogP) is 4.58. The van der Waals surface area contributed by atoms with E-state index in [0.717, 1.165) is 23.5 Å². The molecule has 2 aromatic rings. The van der Waals surface area contributed by atoms with Gasteiger partial charge in [-0.1, -0.05) is 43.1 Å². The normalized spacial score (nSPS) is 12.1. The lowest BCUT2D eigenvalue weighted by Crippen LogP contribution is -2.30. The molecule has 0 bridgehead atoms. The number of rotatable bonds is 7. The Hall–Kier alpha value is -2.05. The minimum absolute atomic E-state index is 0.0608. The molecular weight excluding hydrogens is 401 g/mol. The molecule has 0 fully saturated rings. The lowest BCUT2D eigenvalue weighted by atomic mass is 10.1. The number of hydrogen-bond acceptors (Lipinski definition) is 4. The number of nitrogens with one attached hydrogen (secondary N) is 1. The molecule has 0 aliphatic heterocycles. The summed E-state index contributed by atoms with van der Waals surface area (Å²) in [6, 6.07) is 4.91. The van der Waals surface area contributed by atoms with Crippen molar-refractivity contribution >= 4 is 40.8 Å². The number of halogens is 2. The Morgan fingerprint density at radius 3 is 2.54 bits per heavy atom. The van der Waals surface area contributed by atoms with Crippen molar-refractivity contribution in [2.45, 2.75) is 53.7 Å². The average Bonchev–Trinajstić information content (AvgIpc) is 2.85. The summed E-state index contributed by atoms with van der Waals surface area (Å²) in [5.74, 6) is -0.531. The van der Waals surface area contributed by atoms with Crippen LogP contribution < -0.4 is 5.32 Å². The molecule has 1 amide bonds. The summed E-state index contributed by atoms with van der Waals surface area (Å²) in [7, 11) is 0.